The number of hydrogen-bond acceptors (Lipinski definition) is 7. The number of nitrogens with zero attached hydrogens (tertiary/aromatic N) is 1. The van der Waals surface area contributed by atoms with Gasteiger partial charge in [-0.3, -0.25) is 9.59 Å². The third-order valence-corrected chi connectivity index (χ3v) is 14.6. The molecular weight excluding hydrogens is 1080 g/mol. The monoisotopic (exact) mass is 1210 g/mol. The fraction of sp³-hybridized carbons (Fsp3) is 0.654. The highest BCUT2D eigenvalue weighted by Gasteiger charge is 2.25. The van der Waals surface area contributed by atoms with Crippen LogP contribution < -0.4 is 0 Å². The molecule has 494 valence electrons. The average molecular weight is 1210 g/mol. The number of ether oxygens (including phenoxy) is 4. The van der Waals surface area contributed by atoms with Crippen LogP contribution in [0.1, 0.15) is 271 Å². The van der Waals surface area contributed by atoms with Gasteiger partial charge in [0.05, 0.1) is 34.4 Å². The molecule has 9 heteroatoms. The number of allylic oxidation sites excluding steroid dienone is 24. The predicted molar refractivity (Wildman–Crippen MR) is 373 cm³/mol. The molecule has 0 aromatic rings. The Morgan fingerprint density at radius 2 is 0.655 bits per heavy atom. The molecule has 1 N–H and O–H groups in total. The minimum atomic E-state index is -1.52. The lowest BCUT2D eigenvalue weighted by Gasteiger charge is -2.25. The van der Waals surface area contributed by atoms with Crippen LogP contribution in [-0.2, 0) is 33.3 Å². The quantitative estimate of drug-likeness (QED) is 0.0211. The number of aliphatic carboxylic acids is 1. The Morgan fingerprint density at radius 1 is 0.356 bits per heavy atom. The molecule has 0 saturated carbocycles. The Kier molecular flexibility index (Phi) is 63.4. The van der Waals surface area contributed by atoms with E-state index in [4.69, 9.17) is 18.9 Å². The van der Waals surface area contributed by atoms with Crippen molar-refractivity contribution in [1.82, 2.24) is 0 Å². The Morgan fingerprint density at radius 3 is 0.977 bits per heavy atom. The van der Waals surface area contributed by atoms with Crippen LogP contribution >= 0.6 is 0 Å². The Hall–Kier alpha value is -4.83. The van der Waals surface area contributed by atoms with E-state index in [1.165, 1.54) is 122 Å². The predicted octanol–water partition coefficient (Wildman–Crippen LogP) is 21.9. The number of rotatable bonds is 63. The van der Waals surface area contributed by atoms with Crippen LogP contribution in [0.5, 0.6) is 0 Å². The second-order valence-electron chi connectivity index (χ2n) is 24.1. The largest absolute Gasteiger partial charge is 0.477 e. The zero-order chi connectivity index (χ0) is 63.3. The Balaban J connectivity index is 4.15. The molecule has 0 aromatic carbocycles. The Labute approximate surface area is 534 Å². The first-order chi connectivity index (χ1) is 42.6. The third-order valence-electron chi connectivity index (χ3n) is 14.6. The van der Waals surface area contributed by atoms with Crippen molar-refractivity contribution in [2.75, 3.05) is 47.5 Å². The van der Waals surface area contributed by atoms with Crippen molar-refractivity contribution < 1.29 is 42.9 Å². The van der Waals surface area contributed by atoms with Gasteiger partial charge in [0, 0.05) is 12.8 Å². The van der Waals surface area contributed by atoms with Crippen molar-refractivity contribution in [1.29, 1.82) is 0 Å². The molecule has 0 radical (unpaired) electrons. The van der Waals surface area contributed by atoms with E-state index < -0.39 is 24.3 Å². The van der Waals surface area contributed by atoms with Crippen LogP contribution in [0.25, 0.3) is 0 Å². The molecule has 0 aliphatic heterocycles. The molecule has 0 saturated heterocycles. The minimum absolute atomic E-state index is 0.180. The molecule has 87 heavy (non-hydrogen) atoms. The summed E-state index contributed by atoms with van der Waals surface area (Å²) in [5.41, 5.74) is 0. The number of carbonyl (C=O) groups excluding carboxylic acids is 2. The topological polar surface area (TPSA) is 108 Å². The van der Waals surface area contributed by atoms with Crippen LogP contribution in [0.15, 0.2) is 146 Å². The molecule has 0 amide bonds. The second-order valence-corrected chi connectivity index (χ2v) is 24.1. The molecule has 0 rings (SSSR count). The first kappa shape index (κ1) is 82.2. The van der Waals surface area contributed by atoms with Crippen molar-refractivity contribution in [2.24, 2.45) is 0 Å². The number of carboxylic acid groups (broad SMARTS) is 1. The molecule has 0 spiro atoms. The summed E-state index contributed by atoms with van der Waals surface area (Å²) in [5, 5.41) is 9.74. The number of quaternary nitrogens is 1. The van der Waals surface area contributed by atoms with Gasteiger partial charge in [0.25, 0.3) is 6.29 Å². The smallest absolute Gasteiger partial charge is 0.361 e. The molecule has 0 bridgehead atoms. The maximum Gasteiger partial charge on any atom is 0.361 e. The number of unbranched alkanes of at least 4 members (excludes halogenated alkanes) is 24. The van der Waals surface area contributed by atoms with Crippen molar-refractivity contribution in [3.63, 3.8) is 0 Å². The van der Waals surface area contributed by atoms with Gasteiger partial charge in [-0.2, -0.15) is 0 Å². The van der Waals surface area contributed by atoms with E-state index in [-0.39, 0.29) is 32.2 Å². The Bertz CT molecular complexity index is 1940. The summed E-state index contributed by atoms with van der Waals surface area (Å²) in [6.07, 6.45) is 95.2. The second kappa shape index (κ2) is 67.1. The normalized spacial score (nSPS) is 13.6. The van der Waals surface area contributed by atoms with Crippen LogP contribution in [0, 0.1) is 0 Å². The molecular formula is C78H130NO8+. The van der Waals surface area contributed by atoms with Crippen LogP contribution in [-0.4, -0.2) is 87.4 Å². The van der Waals surface area contributed by atoms with E-state index in [2.05, 4.69) is 160 Å². The first-order valence-electron chi connectivity index (χ1n) is 35.0. The molecule has 0 aliphatic carbocycles. The van der Waals surface area contributed by atoms with Crippen LogP contribution in [0.2, 0.25) is 0 Å². The number of carbonyl (C=O) groups is 3. The van der Waals surface area contributed by atoms with Crippen molar-refractivity contribution in [3.8, 4) is 0 Å². The zero-order valence-corrected chi connectivity index (χ0v) is 56.4. The van der Waals surface area contributed by atoms with Gasteiger partial charge in [0.2, 0.25) is 0 Å². The van der Waals surface area contributed by atoms with Crippen LogP contribution in [0.4, 0.5) is 0 Å². The van der Waals surface area contributed by atoms with Crippen molar-refractivity contribution >= 4 is 17.9 Å². The van der Waals surface area contributed by atoms with E-state index in [9.17, 15) is 19.5 Å². The maximum atomic E-state index is 12.9. The highest BCUT2D eigenvalue weighted by atomic mass is 16.7. The van der Waals surface area contributed by atoms with Gasteiger partial charge in [0.15, 0.2) is 6.10 Å². The summed E-state index contributed by atoms with van der Waals surface area (Å²) in [6, 6.07) is 0. The van der Waals surface area contributed by atoms with E-state index in [1.807, 2.05) is 21.1 Å². The van der Waals surface area contributed by atoms with Crippen molar-refractivity contribution in [2.45, 2.75) is 283 Å². The molecule has 2 unspecified atom stereocenters. The van der Waals surface area contributed by atoms with E-state index >= 15 is 0 Å². The number of hydrogen-bond donors (Lipinski definition) is 1. The van der Waals surface area contributed by atoms with E-state index in [0.29, 0.717) is 23.9 Å². The van der Waals surface area contributed by atoms with Gasteiger partial charge < -0.3 is 28.5 Å². The molecule has 9 nitrogen and oxygen atoms in total. The minimum Gasteiger partial charge on any atom is -0.477 e. The highest BCUT2D eigenvalue weighted by Crippen LogP contribution is 2.16. The highest BCUT2D eigenvalue weighted by molar-refractivity contribution is 5.71. The molecule has 2 atom stereocenters. The summed E-state index contributed by atoms with van der Waals surface area (Å²) in [4.78, 5) is 37.6. The fourth-order valence-electron chi connectivity index (χ4n) is 9.25. The summed E-state index contributed by atoms with van der Waals surface area (Å²) in [5.74, 6) is -2.02. The maximum absolute atomic E-state index is 12.9. The number of likely N-dealkylation sites (N-methyl/N-ethyl adjacent to an activating group) is 1. The summed E-state index contributed by atoms with van der Waals surface area (Å²) in [6.45, 7) is 4.74. The lowest BCUT2D eigenvalue weighted by Crippen LogP contribution is -2.40. The molecule has 0 aromatic heterocycles. The standard InChI is InChI=1S/C78H129NO8/c1-6-8-10-12-14-16-18-20-22-24-26-28-29-30-31-32-33-34-35-36-37-38-39-40-41-42-43-44-45-46-47-49-51-53-55-57-59-61-63-65-67-69-76(81)87-74(73-86-78(77(82)83)84-71-70-79(3,4)5)72-85-75(80)68-66-64-62-60-58-56-54-52-50-48-27-25-23-21-19-17-15-13-11-9-7-2/h8,10,14,16,19-22,25-28,30-31,33-34,36-37,39-40,42-43,45-46,74,78H,6-7,9,11-13,15,17-18,23-24,29,32,35,38,41,44,47-73H2,1-5H3/p+1/b10-8-,16-14-,21-19-,22-20-,27-25-,28-26-,31-30-,34-33-,37-36-,40-39-,43-42-,46-45-. The van der Waals surface area contributed by atoms with Gasteiger partial charge in [0.1, 0.15) is 13.2 Å². The van der Waals surface area contributed by atoms with Gasteiger partial charge in [-0.1, -0.05) is 282 Å². The lowest BCUT2D eigenvalue weighted by molar-refractivity contribution is -0.870. The lowest BCUT2D eigenvalue weighted by atomic mass is 10.0. The molecule has 0 heterocycles. The first-order valence-corrected chi connectivity index (χ1v) is 35.0. The number of esters is 2. The van der Waals surface area contributed by atoms with Crippen molar-refractivity contribution in [3.05, 3.63) is 146 Å². The SMILES string of the molecule is CC/C=C\C/C=C\C/C=C\C/C=C\C/C=C\C/C=C\C/C=C\C/C=C\C/C=C\C/C=C\CCCCCCCCCCCCC(=O)OC(COC(=O)CCCCCCCCCCC/C=C\C/C=C\CCCCCCC)COC(OCC[N+](C)(C)C)C(=O)O. The van der Waals surface area contributed by atoms with E-state index in [0.717, 1.165) is 116 Å². The summed E-state index contributed by atoms with van der Waals surface area (Å²) in [7, 11) is 5.97. The molecule has 0 fully saturated rings. The third kappa shape index (κ3) is 68.5. The number of carboxylic acids is 1. The summed E-state index contributed by atoms with van der Waals surface area (Å²) < 4.78 is 22.9. The van der Waals surface area contributed by atoms with Crippen LogP contribution in [0.3, 0.4) is 0 Å². The average Bonchev–Trinajstić information content (AvgIpc) is 3.59. The van der Waals surface area contributed by atoms with Gasteiger partial charge >= 0.3 is 17.9 Å². The molecule has 0 aliphatic rings. The fourth-order valence-corrected chi connectivity index (χ4v) is 9.25. The van der Waals surface area contributed by atoms with Gasteiger partial charge in [-0.15, -0.1) is 0 Å². The zero-order valence-electron chi connectivity index (χ0n) is 56.4. The summed E-state index contributed by atoms with van der Waals surface area (Å²) >= 11 is 0. The van der Waals surface area contributed by atoms with Gasteiger partial charge in [-0.05, 0) is 122 Å². The van der Waals surface area contributed by atoms with E-state index in [1.54, 1.807) is 0 Å². The van der Waals surface area contributed by atoms with Gasteiger partial charge in [-0.25, -0.2) is 4.79 Å².